The van der Waals surface area contributed by atoms with E-state index in [2.05, 4.69) is 45.9 Å². The molecule has 0 fully saturated rings. The molecule has 0 radical (unpaired) electrons. The van der Waals surface area contributed by atoms with Crippen molar-refractivity contribution >= 4 is 5.96 Å². The molecule has 2 rings (SSSR count). The van der Waals surface area contributed by atoms with Crippen LogP contribution < -0.4 is 10.6 Å². The molecule has 0 spiro atoms. The molecule has 2 heterocycles. The summed E-state index contributed by atoms with van der Waals surface area (Å²) in [6.07, 6.45) is 8.84. The van der Waals surface area contributed by atoms with Gasteiger partial charge in [-0.25, -0.2) is 0 Å². The number of rotatable bonds is 5. The normalized spacial score (nSPS) is 11.5. The third-order valence-corrected chi connectivity index (χ3v) is 3.40. The highest BCUT2D eigenvalue weighted by atomic mass is 15.2. The maximum atomic E-state index is 4.24. The van der Waals surface area contributed by atoms with Gasteiger partial charge in [0.25, 0.3) is 0 Å². The molecule has 0 atom stereocenters. The van der Waals surface area contributed by atoms with Crippen LogP contribution in [0.5, 0.6) is 0 Å². The molecule has 2 aromatic rings. The first-order valence-corrected chi connectivity index (χ1v) is 7.14. The van der Waals surface area contributed by atoms with Gasteiger partial charge in [-0.3, -0.25) is 9.98 Å². The first-order valence-electron chi connectivity index (χ1n) is 7.14. The van der Waals surface area contributed by atoms with Gasteiger partial charge in [-0.15, -0.1) is 0 Å². The van der Waals surface area contributed by atoms with Gasteiger partial charge in [-0.1, -0.05) is 0 Å². The molecule has 5 nitrogen and oxygen atoms in total. The van der Waals surface area contributed by atoms with E-state index < -0.39 is 0 Å². The van der Waals surface area contributed by atoms with E-state index in [1.54, 1.807) is 7.05 Å². The number of aryl methyl sites for hydroxylation is 2. The molecule has 0 unspecified atom stereocenters. The lowest BCUT2D eigenvalue weighted by Crippen LogP contribution is -2.37. The van der Waals surface area contributed by atoms with Gasteiger partial charge < -0.3 is 15.2 Å². The van der Waals surface area contributed by atoms with E-state index in [1.165, 1.54) is 16.7 Å². The highest BCUT2D eigenvalue weighted by Gasteiger charge is 2.01. The fraction of sp³-hybridized carbons (Fsp3) is 0.375. The van der Waals surface area contributed by atoms with Gasteiger partial charge in [0.15, 0.2) is 5.96 Å². The summed E-state index contributed by atoms with van der Waals surface area (Å²) in [7, 11) is 3.81. The van der Waals surface area contributed by atoms with Crippen LogP contribution in [0.1, 0.15) is 16.7 Å². The molecular weight excluding hydrogens is 262 g/mol. The average Bonchev–Trinajstić information content (AvgIpc) is 2.90. The van der Waals surface area contributed by atoms with Crippen LogP contribution in [-0.4, -0.2) is 29.1 Å². The minimum absolute atomic E-state index is 0.773. The van der Waals surface area contributed by atoms with Gasteiger partial charge in [0.2, 0.25) is 0 Å². The SMILES string of the molecule is CN=C(NCCc1ccncc1C)NCc1ccn(C)c1. The first kappa shape index (κ1) is 15.1. The van der Waals surface area contributed by atoms with Crippen molar-refractivity contribution in [1.29, 1.82) is 0 Å². The van der Waals surface area contributed by atoms with E-state index in [1.807, 2.05) is 30.2 Å². The summed E-state index contributed by atoms with van der Waals surface area (Å²) in [5.74, 6) is 0.825. The Morgan fingerprint density at radius 2 is 2.19 bits per heavy atom. The Morgan fingerprint density at radius 1 is 1.33 bits per heavy atom. The number of nitrogens with zero attached hydrogens (tertiary/aromatic N) is 3. The molecule has 0 bridgehead atoms. The van der Waals surface area contributed by atoms with Crippen LogP contribution in [0.15, 0.2) is 41.9 Å². The minimum atomic E-state index is 0.773. The predicted molar refractivity (Wildman–Crippen MR) is 86.3 cm³/mol. The first-order chi connectivity index (χ1) is 10.2. The van der Waals surface area contributed by atoms with Crippen LogP contribution in [0.2, 0.25) is 0 Å². The maximum Gasteiger partial charge on any atom is 0.191 e. The zero-order chi connectivity index (χ0) is 15.1. The van der Waals surface area contributed by atoms with E-state index >= 15 is 0 Å². The number of aromatic nitrogens is 2. The summed E-state index contributed by atoms with van der Waals surface area (Å²) in [5, 5.41) is 6.65. The smallest absolute Gasteiger partial charge is 0.191 e. The summed E-state index contributed by atoms with van der Waals surface area (Å²) in [6.45, 7) is 3.71. The second-order valence-corrected chi connectivity index (χ2v) is 5.09. The lowest BCUT2D eigenvalue weighted by Gasteiger charge is -2.12. The third kappa shape index (κ3) is 4.63. The Hall–Kier alpha value is -2.30. The third-order valence-electron chi connectivity index (χ3n) is 3.40. The Balaban J connectivity index is 1.77. The number of hydrogen-bond donors (Lipinski definition) is 2. The highest BCUT2D eigenvalue weighted by Crippen LogP contribution is 2.04. The van der Waals surface area contributed by atoms with Gasteiger partial charge in [0, 0.05) is 52.0 Å². The predicted octanol–water partition coefficient (Wildman–Crippen LogP) is 1.64. The van der Waals surface area contributed by atoms with Crippen molar-refractivity contribution in [3.05, 3.63) is 53.6 Å². The molecule has 2 N–H and O–H groups in total. The van der Waals surface area contributed by atoms with Crippen LogP contribution in [0, 0.1) is 6.92 Å². The number of hydrogen-bond acceptors (Lipinski definition) is 2. The van der Waals surface area contributed by atoms with Crippen LogP contribution >= 0.6 is 0 Å². The van der Waals surface area contributed by atoms with Gasteiger partial charge >= 0.3 is 0 Å². The van der Waals surface area contributed by atoms with Gasteiger partial charge in [-0.2, -0.15) is 0 Å². The van der Waals surface area contributed by atoms with Crippen molar-refractivity contribution in [2.45, 2.75) is 19.9 Å². The molecule has 5 heteroatoms. The topological polar surface area (TPSA) is 54.2 Å². The molecule has 0 aliphatic rings. The molecule has 0 aliphatic heterocycles. The van der Waals surface area contributed by atoms with Crippen molar-refractivity contribution in [3.8, 4) is 0 Å². The minimum Gasteiger partial charge on any atom is -0.357 e. The van der Waals surface area contributed by atoms with Gasteiger partial charge in [0.05, 0.1) is 0 Å². The molecule has 0 saturated heterocycles. The van der Waals surface area contributed by atoms with E-state index in [-0.39, 0.29) is 0 Å². The van der Waals surface area contributed by atoms with Crippen LogP contribution in [-0.2, 0) is 20.0 Å². The second-order valence-electron chi connectivity index (χ2n) is 5.09. The Labute approximate surface area is 126 Å². The van der Waals surface area contributed by atoms with Crippen molar-refractivity contribution in [2.24, 2.45) is 12.0 Å². The maximum absolute atomic E-state index is 4.24. The summed E-state index contributed by atoms with van der Waals surface area (Å²) in [6, 6.07) is 4.16. The monoisotopic (exact) mass is 285 g/mol. The number of nitrogens with one attached hydrogen (secondary N) is 2. The molecular formula is C16H23N5. The largest absolute Gasteiger partial charge is 0.357 e. The van der Waals surface area contributed by atoms with Crippen LogP contribution in [0.25, 0.3) is 0 Å². The van der Waals surface area contributed by atoms with E-state index in [9.17, 15) is 0 Å². The second kappa shape index (κ2) is 7.47. The molecule has 21 heavy (non-hydrogen) atoms. The summed E-state index contributed by atoms with van der Waals surface area (Å²) in [4.78, 5) is 8.35. The number of guanidine groups is 1. The molecule has 0 saturated carbocycles. The summed E-state index contributed by atoms with van der Waals surface area (Å²) >= 11 is 0. The van der Waals surface area contributed by atoms with Gasteiger partial charge in [-0.05, 0) is 42.2 Å². The molecule has 0 amide bonds. The Morgan fingerprint density at radius 3 is 2.86 bits per heavy atom. The summed E-state index contributed by atoms with van der Waals surface area (Å²) in [5.41, 5.74) is 3.79. The van der Waals surface area contributed by atoms with Gasteiger partial charge in [0.1, 0.15) is 0 Å². The number of pyridine rings is 1. The zero-order valence-electron chi connectivity index (χ0n) is 12.9. The van der Waals surface area contributed by atoms with Crippen molar-refractivity contribution < 1.29 is 0 Å². The van der Waals surface area contributed by atoms with E-state index in [0.29, 0.717) is 0 Å². The lowest BCUT2D eigenvalue weighted by molar-refractivity contribution is 0.790. The quantitative estimate of drug-likeness (QED) is 0.648. The molecule has 2 aromatic heterocycles. The lowest BCUT2D eigenvalue weighted by atomic mass is 10.1. The van der Waals surface area contributed by atoms with Crippen LogP contribution in [0.3, 0.4) is 0 Å². The average molecular weight is 285 g/mol. The van der Waals surface area contributed by atoms with Crippen molar-refractivity contribution in [1.82, 2.24) is 20.2 Å². The summed E-state index contributed by atoms with van der Waals surface area (Å²) < 4.78 is 2.04. The van der Waals surface area contributed by atoms with E-state index in [0.717, 1.165) is 25.5 Å². The van der Waals surface area contributed by atoms with E-state index in [4.69, 9.17) is 0 Å². The Bertz CT molecular complexity index is 600. The van der Waals surface area contributed by atoms with Crippen molar-refractivity contribution in [3.63, 3.8) is 0 Å². The van der Waals surface area contributed by atoms with Crippen LogP contribution in [0.4, 0.5) is 0 Å². The molecule has 112 valence electrons. The van der Waals surface area contributed by atoms with Crippen molar-refractivity contribution in [2.75, 3.05) is 13.6 Å². The number of aliphatic imine (C=N–C) groups is 1. The Kier molecular flexibility index (Phi) is 5.37. The fourth-order valence-corrected chi connectivity index (χ4v) is 2.17. The zero-order valence-corrected chi connectivity index (χ0v) is 12.9. The highest BCUT2D eigenvalue weighted by molar-refractivity contribution is 5.79. The molecule has 0 aromatic carbocycles. The molecule has 0 aliphatic carbocycles. The standard InChI is InChI=1S/C16H23N5/c1-13-10-18-7-4-15(13)5-8-19-16(17-2)20-11-14-6-9-21(3)12-14/h4,6-7,9-10,12H,5,8,11H2,1-3H3,(H2,17,19,20). The fourth-order valence-electron chi connectivity index (χ4n) is 2.17.